The van der Waals surface area contributed by atoms with Crippen molar-refractivity contribution in [2.45, 2.75) is 51.4 Å². The summed E-state index contributed by atoms with van der Waals surface area (Å²) in [5.74, 6) is -0.534. The molecule has 1 aromatic carbocycles. The Labute approximate surface area is 153 Å². The molecule has 5 nitrogen and oxygen atoms in total. The number of hydrogen-bond donors (Lipinski definition) is 1. The van der Waals surface area contributed by atoms with Gasteiger partial charge in [0, 0.05) is 17.5 Å². The van der Waals surface area contributed by atoms with Gasteiger partial charge in [-0.05, 0) is 68.2 Å². The first-order valence-corrected chi connectivity index (χ1v) is 9.72. The Kier molecular flexibility index (Phi) is 4.79. The Bertz CT molecular complexity index is 726. The Morgan fingerprint density at radius 2 is 1.77 bits per heavy atom. The second-order valence-electron chi connectivity index (χ2n) is 7.89. The molecule has 0 aliphatic heterocycles. The molecule has 1 aromatic rings. The highest BCUT2D eigenvalue weighted by Gasteiger charge is 2.41. The molecule has 0 saturated heterocycles. The lowest BCUT2D eigenvalue weighted by Crippen LogP contribution is -2.40. The van der Waals surface area contributed by atoms with E-state index < -0.39 is 0 Å². The number of ketones is 1. The number of hydrogen-bond acceptors (Lipinski definition) is 4. The van der Waals surface area contributed by atoms with Gasteiger partial charge in [0.2, 0.25) is 0 Å². The lowest BCUT2D eigenvalue weighted by atomic mass is 9.67. The number of amides is 1. The van der Waals surface area contributed by atoms with Gasteiger partial charge in [0.15, 0.2) is 6.61 Å². The summed E-state index contributed by atoms with van der Waals surface area (Å²) in [6, 6.07) is 5.97. The summed E-state index contributed by atoms with van der Waals surface area (Å²) in [6.07, 6.45) is 7.34. The Morgan fingerprint density at radius 1 is 1.04 bits per heavy atom. The average Bonchev–Trinajstić information content (AvgIpc) is 3.07. The third kappa shape index (κ3) is 3.53. The lowest BCUT2D eigenvalue weighted by Gasteiger charge is -2.36. The van der Waals surface area contributed by atoms with Crippen LogP contribution in [0.1, 0.15) is 49.7 Å². The number of carbonyl (C=O) groups excluding carboxylic acids is 3. The Morgan fingerprint density at radius 3 is 2.54 bits per heavy atom. The molecule has 0 heterocycles. The van der Waals surface area contributed by atoms with Crippen LogP contribution in [-0.4, -0.2) is 24.3 Å². The van der Waals surface area contributed by atoms with Gasteiger partial charge in [0.1, 0.15) is 5.78 Å². The molecule has 138 valence electrons. The quantitative estimate of drug-likeness (QED) is 0.843. The van der Waals surface area contributed by atoms with E-state index in [0.29, 0.717) is 18.6 Å². The molecule has 3 atom stereocenters. The minimum absolute atomic E-state index is 0.0142. The molecule has 2 saturated carbocycles. The van der Waals surface area contributed by atoms with Crippen LogP contribution in [0.15, 0.2) is 18.2 Å². The molecule has 2 bridgehead atoms. The fourth-order valence-corrected chi connectivity index (χ4v) is 4.77. The molecule has 4 rings (SSSR count). The number of fused-ring (bicyclic) bond motifs is 3. The molecule has 0 radical (unpaired) electrons. The number of ether oxygens (including phenoxy) is 1. The van der Waals surface area contributed by atoms with E-state index in [4.69, 9.17) is 4.74 Å². The van der Waals surface area contributed by atoms with E-state index in [1.54, 1.807) is 0 Å². The van der Waals surface area contributed by atoms with Crippen molar-refractivity contribution in [2.75, 3.05) is 11.9 Å². The van der Waals surface area contributed by atoms with Crippen LogP contribution in [0.4, 0.5) is 5.69 Å². The first-order valence-electron chi connectivity index (χ1n) is 9.72. The van der Waals surface area contributed by atoms with Crippen molar-refractivity contribution >= 4 is 23.3 Å². The van der Waals surface area contributed by atoms with E-state index in [2.05, 4.69) is 11.4 Å². The van der Waals surface area contributed by atoms with Crippen LogP contribution >= 0.6 is 0 Å². The number of benzene rings is 1. The fraction of sp³-hybridized carbons (Fsp3) is 0.571. The van der Waals surface area contributed by atoms with Gasteiger partial charge < -0.3 is 10.1 Å². The summed E-state index contributed by atoms with van der Waals surface area (Å²) < 4.78 is 5.25. The van der Waals surface area contributed by atoms with Gasteiger partial charge in [0.05, 0.1) is 5.92 Å². The minimum atomic E-state index is -0.335. The summed E-state index contributed by atoms with van der Waals surface area (Å²) >= 11 is 0. The van der Waals surface area contributed by atoms with E-state index in [-0.39, 0.29) is 36.2 Å². The monoisotopic (exact) mass is 355 g/mol. The van der Waals surface area contributed by atoms with Crippen molar-refractivity contribution in [1.82, 2.24) is 0 Å². The maximum atomic E-state index is 12.3. The zero-order chi connectivity index (χ0) is 18.1. The van der Waals surface area contributed by atoms with Crippen LogP contribution in [0, 0.1) is 17.8 Å². The first-order chi connectivity index (χ1) is 12.6. The largest absolute Gasteiger partial charge is 0.455 e. The van der Waals surface area contributed by atoms with E-state index in [0.717, 1.165) is 44.2 Å². The smallest absolute Gasteiger partial charge is 0.309 e. The Hall–Kier alpha value is -2.17. The zero-order valence-electron chi connectivity index (χ0n) is 15.0. The number of nitrogens with one attached hydrogen (secondary N) is 1. The average molecular weight is 355 g/mol. The SMILES string of the molecule is O=C(COC(=O)C1C[C@H]2CCC[C@@H](C1)C2=O)Nc1ccc2c(c1)CCC2. The van der Waals surface area contributed by atoms with Crippen LogP contribution in [0.3, 0.4) is 0 Å². The molecule has 26 heavy (non-hydrogen) atoms. The van der Waals surface area contributed by atoms with Gasteiger partial charge in [-0.2, -0.15) is 0 Å². The number of anilines is 1. The molecule has 2 fully saturated rings. The highest BCUT2D eigenvalue weighted by Crippen LogP contribution is 2.40. The van der Waals surface area contributed by atoms with Gasteiger partial charge in [-0.15, -0.1) is 0 Å². The number of esters is 1. The van der Waals surface area contributed by atoms with Crippen molar-refractivity contribution in [1.29, 1.82) is 0 Å². The topological polar surface area (TPSA) is 72.5 Å². The van der Waals surface area contributed by atoms with Gasteiger partial charge in [-0.3, -0.25) is 14.4 Å². The molecular formula is C21H25NO4. The first kappa shape index (κ1) is 17.3. The highest BCUT2D eigenvalue weighted by atomic mass is 16.5. The van der Waals surface area contributed by atoms with Crippen LogP contribution < -0.4 is 5.32 Å². The predicted molar refractivity (Wildman–Crippen MR) is 96.6 cm³/mol. The third-order valence-corrected chi connectivity index (χ3v) is 6.11. The third-order valence-electron chi connectivity index (χ3n) is 6.11. The van der Waals surface area contributed by atoms with Crippen molar-refractivity contribution in [3.05, 3.63) is 29.3 Å². The summed E-state index contributed by atoms with van der Waals surface area (Å²) in [5.41, 5.74) is 3.40. The molecule has 3 aliphatic rings. The summed E-state index contributed by atoms with van der Waals surface area (Å²) in [6.45, 7) is -0.268. The second-order valence-corrected chi connectivity index (χ2v) is 7.89. The van der Waals surface area contributed by atoms with E-state index >= 15 is 0 Å². The number of carbonyl (C=O) groups is 3. The second kappa shape index (κ2) is 7.22. The maximum Gasteiger partial charge on any atom is 0.309 e. The molecule has 1 amide bonds. The Balaban J connectivity index is 1.28. The molecular weight excluding hydrogens is 330 g/mol. The summed E-state index contributed by atoms with van der Waals surface area (Å²) in [7, 11) is 0. The van der Waals surface area contributed by atoms with Crippen molar-refractivity contribution in [3.63, 3.8) is 0 Å². The van der Waals surface area contributed by atoms with Crippen molar-refractivity contribution in [3.8, 4) is 0 Å². The molecule has 0 aromatic heterocycles. The molecule has 1 unspecified atom stereocenters. The van der Waals surface area contributed by atoms with Gasteiger partial charge in [-0.1, -0.05) is 12.5 Å². The van der Waals surface area contributed by atoms with Crippen molar-refractivity contribution < 1.29 is 19.1 Å². The number of Topliss-reactive ketones (excluding diaryl/α,β-unsaturated/α-hetero) is 1. The van der Waals surface area contributed by atoms with Crippen LogP contribution in [0.5, 0.6) is 0 Å². The van der Waals surface area contributed by atoms with Gasteiger partial charge in [-0.25, -0.2) is 0 Å². The molecule has 5 heteroatoms. The lowest BCUT2D eigenvalue weighted by molar-refractivity contribution is -0.155. The van der Waals surface area contributed by atoms with Crippen LogP contribution in [0.2, 0.25) is 0 Å². The molecule has 1 N–H and O–H groups in total. The number of aryl methyl sites for hydroxylation is 2. The molecule has 3 aliphatic carbocycles. The van der Waals surface area contributed by atoms with Gasteiger partial charge in [0.25, 0.3) is 5.91 Å². The standard InChI is InChI=1S/C21H25NO4/c23-19(22-18-8-7-13-3-1-4-14(13)11-18)12-26-21(25)17-9-15-5-2-6-16(10-17)20(15)24/h7-8,11,15-17H,1-6,9-10,12H2,(H,22,23)/t15-,16+,17?. The fourth-order valence-electron chi connectivity index (χ4n) is 4.77. The summed E-state index contributed by atoms with van der Waals surface area (Å²) in [4.78, 5) is 36.5. The van der Waals surface area contributed by atoms with E-state index in [1.165, 1.54) is 11.1 Å². The minimum Gasteiger partial charge on any atom is -0.455 e. The maximum absolute atomic E-state index is 12.3. The van der Waals surface area contributed by atoms with E-state index in [1.807, 2.05) is 12.1 Å². The highest BCUT2D eigenvalue weighted by molar-refractivity contribution is 5.93. The molecule has 0 spiro atoms. The van der Waals surface area contributed by atoms with Gasteiger partial charge >= 0.3 is 5.97 Å². The normalized spacial score (nSPS) is 26.9. The van der Waals surface area contributed by atoms with Crippen LogP contribution in [0.25, 0.3) is 0 Å². The summed E-state index contributed by atoms with van der Waals surface area (Å²) in [5, 5.41) is 2.81. The zero-order valence-corrected chi connectivity index (χ0v) is 15.0. The van der Waals surface area contributed by atoms with E-state index in [9.17, 15) is 14.4 Å². The predicted octanol–water partition coefficient (Wildman–Crippen LogP) is 3.05. The van der Waals surface area contributed by atoms with Crippen molar-refractivity contribution in [2.24, 2.45) is 17.8 Å². The van der Waals surface area contributed by atoms with Crippen LogP contribution in [-0.2, 0) is 32.0 Å². The number of rotatable bonds is 4.